The molecule has 2 N–H and O–H groups in total. The van der Waals surface area contributed by atoms with E-state index in [1.807, 2.05) is 43.3 Å². The van der Waals surface area contributed by atoms with E-state index >= 15 is 0 Å². The molecule has 0 fully saturated rings. The fourth-order valence-electron chi connectivity index (χ4n) is 1.83. The van der Waals surface area contributed by atoms with Gasteiger partial charge in [-0.25, -0.2) is 4.98 Å². The van der Waals surface area contributed by atoms with Crippen LogP contribution in [-0.2, 0) is 0 Å². The number of benzene rings is 2. The summed E-state index contributed by atoms with van der Waals surface area (Å²) < 4.78 is 11.2. The first-order chi connectivity index (χ1) is 9.70. The number of nitrogens with two attached hydrogens (primary N) is 1. The topological polar surface area (TPSA) is 61.3 Å². The van der Waals surface area contributed by atoms with Gasteiger partial charge in [0.15, 0.2) is 0 Å². The molecule has 0 unspecified atom stereocenters. The van der Waals surface area contributed by atoms with Crippen LogP contribution in [0.15, 0.2) is 59.1 Å². The predicted octanol–water partition coefficient (Wildman–Crippen LogP) is 4.02. The summed E-state index contributed by atoms with van der Waals surface area (Å²) >= 11 is 0. The molecular formula is C16H14N2O2. The number of ether oxygens (including phenoxy) is 1. The van der Waals surface area contributed by atoms with Crippen LogP contribution in [0.4, 0.5) is 5.69 Å². The summed E-state index contributed by atoms with van der Waals surface area (Å²) in [6, 6.07) is 14.9. The minimum atomic E-state index is 0.613. The van der Waals surface area contributed by atoms with Gasteiger partial charge in [0, 0.05) is 11.3 Å². The molecule has 0 spiro atoms. The summed E-state index contributed by atoms with van der Waals surface area (Å²) in [5.41, 5.74) is 7.27. The van der Waals surface area contributed by atoms with Crippen LogP contribution in [0.3, 0.4) is 0 Å². The lowest BCUT2D eigenvalue weighted by Crippen LogP contribution is -1.86. The summed E-state index contributed by atoms with van der Waals surface area (Å²) in [6.07, 6.45) is 1.70. The highest BCUT2D eigenvalue weighted by Gasteiger charge is 2.04. The molecular weight excluding hydrogens is 252 g/mol. The van der Waals surface area contributed by atoms with Crippen LogP contribution < -0.4 is 10.5 Å². The van der Waals surface area contributed by atoms with Gasteiger partial charge in [0.05, 0.1) is 6.20 Å². The zero-order valence-electron chi connectivity index (χ0n) is 11.0. The molecule has 100 valence electrons. The maximum atomic E-state index is 5.72. The van der Waals surface area contributed by atoms with Gasteiger partial charge >= 0.3 is 0 Å². The van der Waals surface area contributed by atoms with Crippen molar-refractivity contribution >= 4 is 5.69 Å². The molecule has 0 aliphatic carbocycles. The number of aryl methyl sites for hydroxylation is 1. The molecule has 3 rings (SSSR count). The van der Waals surface area contributed by atoms with E-state index in [-0.39, 0.29) is 0 Å². The summed E-state index contributed by atoms with van der Waals surface area (Å²) in [5.74, 6) is 2.91. The smallest absolute Gasteiger partial charge is 0.226 e. The Morgan fingerprint density at radius 3 is 2.10 bits per heavy atom. The second-order valence-corrected chi connectivity index (χ2v) is 4.47. The van der Waals surface area contributed by atoms with Crippen molar-refractivity contribution in [3.8, 4) is 23.0 Å². The number of nitrogens with zero attached hydrogens (tertiary/aromatic N) is 1. The first-order valence-corrected chi connectivity index (χ1v) is 6.27. The van der Waals surface area contributed by atoms with Crippen LogP contribution in [0.2, 0.25) is 0 Å². The number of oxazole rings is 1. The zero-order chi connectivity index (χ0) is 13.9. The Balaban J connectivity index is 1.77. The third-order valence-corrected chi connectivity index (χ3v) is 2.84. The number of hydrogen-bond donors (Lipinski definition) is 1. The number of hydrogen-bond acceptors (Lipinski definition) is 4. The van der Waals surface area contributed by atoms with Crippen molar-refractivity contribution in [2.24, 2.45) is 0 Å². The maximum Gasteiger partial charge on any atom is 0.226 e. The molecule has 0 aliphatic rings. The molecule has 1 heterocycles. The van der Waals surface area contributed by atoms with Gasteiger partial charge in [0.2, 0.25) is 5.89 Å². The monoisotopic (exact) mass is 266 g/mol. The maximum absolute atomic E-state index is 5.72. The quantitative estimate of drug-likeness (QED) is 0.727. The van der Waals surface area contributed by atoms with Crippen LogP contribution in [0.5, 0.6) is 11.5 Å². The van der Waals surface area contributed by atoms with E-state index in [2.05, 4.69) is 4.98 Å². The highest BCUT2D eigenvalue weighted by molar-refractivity contribution is 5.55. The molecule has 20 heavy (non-hydrogen) atoms. The summed E-state index contributed by atoms with van der Waals surface area (Å²) in [5, 5.41) is 0. The molecule has 2 aromatic carbocycles. The van der Waals surface area contributed by atoms with E-state index in [0.717, 1.165) is 22.8 Å². The Morgan fingerprint density at radius 1 is 0.950 bits per heavy atom. The molecule has 0 aliphatic heterocycles. The van der Waals surface area contributed by atoms with Gasteiger partial charge in [-0.2, -0.15) is 0 Å². The van der Waals surface area contributed by atoms with Gasteiger partial charge in [-0.05, 0) is 55.5 Å². The second kappa shape index (κ2) is 5.09. The van der Waals surface area contributed by atoms with Crippen molar-refractivity contribution in [2.75, 3.05) is 5.73 Å². The van der Waals surface area contributed by atoms with Crippen LogP contribution in [-0.4, -0.2) is 4.98 Å². The standard InChI is InChI=1S/C16H14N2O2/c1-11-10-18-16(19-11)12-2-6-14(7-3-12)20-15-8-4-13(17)5-9-15/h2-10H,17H2,1H3. The summed E-state index contributed by atoms with van der Waals surface area (Å²) in [7, 11) is 0. The van der Waals surface area contributed by atoms with Crippen LogP contribution >= 0.6 is 0 Å². The predicted molar refractivity (Wildman–Crippen MR) is 77.6 cm³/mol. The van der Waals surface area contributed by atoms with Gasteiger partial charge in [-0.1, -0.05) is 0 Å². The lowest BCUT2D eigenvalue weighted by atomic mass is 10.2. The van der Waals surface area contributed by atoms with Gasteiger partial charge in [0.25, 0.3) is 0 Å². The molecule has 0 saturated heterocycles. The lowest BCUT2D eigenvalue weighted by Gasteiger charge is -2.06. The largest absolute Gasteiger partial charge is 0.457 e. The Morgan fingerprint density at radius 2 is 1.55 bits per heavy atom. The molecule has 0 bridgehead atoms. The van der Waals surface area contributed by atoms with Crippen molar-refractivity contribution < 1.29 is 9.15 Å². The highest BCUT2D eigenvalue weighted by Crippen LogP contribution is 2.26. The molecule has 0 saturated carbocycles. The fourth-order valence-corrected chi connectivity index (χ4v) is 1.83. The summed E-state index contributed by atoms with van der Waals surface area (Å²) in [6.45, 7) is 1.87. The van der Waals surface area contributed by atoms with Crippen molar-refractivity contribution in [2.45, 2.75) is 6.92 Å². The van der Waals surface area contributed by atoms with Crippen molar-refractivity contribution in [3.05, 3.63) is 60.5 Å². The second-order valence-electron chi connectivity index (χ2n) is 4.47. The lowest BCUT2D eigenvalue weighted by molar-refractivity contribution is 0.482. The molecule has 1 aromatic heterocycles. The normalized spacial score (nSPS) is 10.4. The van der Waals surface area contributed by atoms with Gasteiger partial charge < -0.3 is 14.9 Å². The fraction of sp³-hybridized carbons (Fsp3) is 0.0625. The summed E-state index contributed by atoms with van der Waals surface area (Å²) in [4.78, 5) is 4.19. The van der Waals surface area contributed by atoms with Crippen molar-refractivity contribution in [1.82, 2.24) is 4.98 Å². The Labute approximate surface area is 116 Å². The Kier molecular flexibility index (Phi) is 3.13. The number of anilines is 1. The van der Waals surface area contributed by atoms with Crippen LogP contribution in [0, 0.1) is 6.92 Å². The van der Waals surface area contributed by atoms with E-state index in [1.165, 1.54) is 0 Å². The van der Waals surface area contributed by atoms with Crippen LogP contribution in [0.1, 0.15) is 5.76 Å². The first-order valence-electron chi connectivity index (χ1n) is 6.27. The van der Waals surface area contributed by atoms with E-state index in [0.29, 0.717) is 11.6 Å². The average Bonchev–Trinajstić information content (AvgIpc) is 2.89. The molecule has 0 atom stereocenters. The van der Waals surface area contributed by atoms with E-state index < -0.39 is 0 Å². The van der Waals surface area contributed by atoms with Gasteiger partial charge in [-0.15, -0.1) is 0 Å². The molecule has 0 amide bonds. The first kappa shape index (κ1) is 12.3. The minimum Gasteiger partial charge on any atom is -0.457 e. The number of aromatic nitrogens is 1. The minimum absolute atomic E-state index is 0.613. The third-order valence-electron chi connectivity index (χ3n) is 2.84. The Bertz CT molecular complexity index is 700. The SMILES string of the molecule is Cc1cnc(-c2ccc(Oc3ccc(N)cc3)cc2)o1. The molecule has 3 aromatic rings. The zero-order valence-corrected chi connectivity index (χ0v) is 11.0. The van der Waals surface area contributed by atoms with E-state index in [9.17, 15) is 0 Å². The van der Waals surface area contributed by atoms with Crippen LogP contribution in [0.25, 0.3) is 11.5 Å². The van der Waals surface area contributed by atoms with Gasteiger partial charge in [0.1, 0.15) is 17.3 Å². The van der Waals surface area contributed by atoms with E-state index in [4.69, 9.17) is 14.9 Å². The van der Waals surface area contributed by atoms with Crippen molar-refractivity contribution in [3.63, 3.8) is 0 Å². The molecule has 4 nitrogen and oxygen atoms in total. The highest BCUT2D eigenvalue weighted by atomic mass is 16.5. The number of nitrogen functional groups attached to an aromatic ring is 1. The molecule has 4 heteroatoms. The molecule has 0 radical (unpaired) electrons. The number of rotatable bonds is 3. The Hall–Kier alpha value is -2.75. The van der Waals surface area contributed by atoms with Gasteiger partial charge in [-0.3, -0.25) is 0 Å². The van der Waals surface area contributed by atoms with E-state index in [1.54, 1.807) is 18.3 Å². The third kappa shape index (κ3) is 2.64. The van der Waals surface area contributed by atoms with Crippen molar-refractivity contribution in [1.29, 1.82) is 0 Å². The average molecular weight is 266 g/mol.